The lowest BCUT2D eigenvalue weighted by Crippen LogP contribution is -2.30. The standard InChI is InChI=1S/C18H22N2O/c1-13-11-16(14(2)19-13)18(21)12-20-10-6-5-8-15-7-3-4-9-17(15)20/h3-4,7,9,11,19H,5-6,8,10,12H2,1-2H3. The molecule has 1 aliphatic heterocycles. The Morgan fingerprint density at radius 3 is 2.81 bits per heavy atom. The smallest absolute Gasteiger partial charge is 0.183 e. The lowest BCUT2D eigenvalue weighted by atomic mass is 10.1. The summed E-state index contributed by atoms with van der Waals surface area (Å²) < 4.78 is 0. The molecule has 3 nitrogen and oxygen atoms in total. The van der Waals surface area contributed by atoms with Crippen LogP contribution in [0.15, 0.2) is 30.3 Å². The fraction of sp³-hybridized carbons (Fsp3) is 0.389. The molecule has 21 heavy (non-hydrogen) atoms. The molecule has 110 valence electrons. The van der Waals surface area contributed by atoms with Crippen LogP contribution in [0.25, 0.3) is 0 Å². The molecule has 1 aromatic carbocycles. The van der Waals surface area contributed by atoms with E-state index in [1.165, 1.54) is 17.7 Å². The molecule has 3 rings (SSSR count). The third kappa shape index (κ3) is 2.87. The number of aromatic nitrogens is 1. The average Bonchev–Trinajstić information content (AvgIpc) is 2.69. The van der Waals surface area contributed by atoms with Crippen LogP contribution in [-0.4, -0.2) is 23.9 Å². The van der Waals surface area contributed by atoms with Crippen molar-refractivity contribution in [1.29, 1.82) is 0 Å². The number of ketones is 1. The Balaban J connectivity index is 1.84. The highest BCUT2D eigenvalue weighted by Gasteiger charge is 2.19. The van der Waals surface area contributed by atoms with Crippen LogP contribution in [-0.2, 0) is 6.42 Å². The number of aryl methyl sites for hydroxylation is 3. The van der Waals surface area contributed by atoms with Crippen LogP contribution in [0, 0.1) is 13.8 Å². The zero-order chi connectivity index (χ0) is 14.8. The number of para-hydroxylation sites is 1. The van der Waals surface area contributed by atoms with E-state index in [2.05, 4.69) is 34.1 Å². The number of H-pyrrole nitrogens is 1. The number of rotatable bonds is 3. The van der Waals surface area contributed by atoms with Crippen LogP contribution in [0.3, 0.4) is 0 Å². The van der Waals surface area contributed by atoms with E-state index in [-0.39, 0.29) is 5.78 Å². The summed E-state index contributed by atoms with van der Waals surface area (Å²) >= 11 is 0. The van der Waals surface area contributed by atoms with Gasteiger partial charge < -0.3 is 9.88 Å². The largest absolute Gasteiger partial charge is 0.364 e. The lowest BCUT2D eigenvalue weighted by molar-refractivity contribution is 0.0998. The van der Waals surface area contributed by atoms with Gasteiger partial charge in [0.25, 0.3) is 0 Å². The minimum absolute atomic E-state index is 0.202. The van der Waals surface area contributed by atoms with Gasteiger partial charge in [-0.2, -0.15) is 0 Å². The fourth-order valence-electron chi connectivity index (χ4n) is 3.21. The van der Waals surface area contributed by atoms with Crippen molar-refractivity contribution in [2.75, 3.05) is 18.0 Å². The number of nitrogens with zero attached hydrogens (tertiary/aromatic N) is 1. The van der Waals surface area contributed by atoms with Gasteiger partial charge in [-0.1, -0.05) is 18.2 Å². The van der Waals surface area contributed by atoms with Crippen molar-refractivity contribution in [2.45, 2.75) is 33.1 Å². The molecule has 2 aromatic rings. The number of hydrogen-bond acceptors (Lipinski definition) is 2. The molecule has 0 unspecified atom stereocenters. The quantitative estimate of drug-likeness (QED) is 0.872. The Bertz CT molecular complexity index is 657. The Kier molecular flexibility index (Phi) is 3.82. The van der Waals surface area contributed by atoms with E-state index >= 15 is 0 Å². The van der Waals surface area contributed by atoms with Gasteiger partial charge in [0.05, 0.1) is 6.54 Å². The molecule has 0 bridgehead atoms. The summed E-state index contributed by atoms with van der Waals surface area (Å²) in [7, 11) is 0. The van der Waals surface area contributed by atoms with Crippen LogP contribution in [0.5, 0.6) is 0 Å². The molecule has 0 aliphatic carbocycles. The normalized spacial score (nSPS) is 14.7. The minimum Gasteiger partial charge on any atom is -0.364 e. The van der Waals surface area contributed by atoms with Gasteiger partial charge >= 0.3 is 0 Å². The van der Waals surface area contributed by atoms with Crippen LogP contribution in [0.1, 0.15) is 40.2 Å². The maximum absolute atomic E-state index is 12.6. The maximum atomic E-state index is 12.6. The maximum Gasteiger partial charge on any atom is 0.183 e. The van der Waals surface area contributed by atoms with Crippen molar-refractivity contribution in [3.05, 3.63) is 52.8 Å². The zero-order valence-electron chi connectivity index (χ0n) is 12.8. The average molecular weight is 282 g/mol. The highest BCUT2D eigenvalue weighted by Crippen LogP contribution is 2.26. The first kappa shape index (κ1) is 13.9. The first-order chi connectivity index (χ1) is 10.1. The van der Waals surface area contributed by atoms with Crippen molar-refractivity contribution < 1.29 is 4.79 Å². The summed E-state index contributed by atoms with van der Waals surface area (Å²) in [5, 5.41) is 0. The second kappa shape index (κ2) is 5.76. The number of carbonyl (C=O) groups excluding carboxylic acids is 1. The van der Waals surface area contributed by atoms with E-state index in [1.54, 1.807) is 0 Å². The minimum atomic E-state index is 0.202. The Morgan fingerprint density at radius 1 is 1.24 bits per heavy atom. The molecule has 0 saturated carbocycles. The zero-order valence-corrected chi connectivity index (χ0v) is 12.8. The molecule has 0 atom stereocenters. The molecule has 1 N–H and O–H groups in total. The van der Waals surface area contributed by atoms with Crippen molar-refractivity contribution in [3.8, 4) is 0 Å². The summed E-state index contributed by atoms with van der Waals surface area (Å²) in [6.45, 7) is 5.39. The van der Waals surface area contributed by atoms with Crippen molar-refractivity contribution in [2.24, 2.45) is 0 Å². The third-order valence-electron chi connectivity index (χ3n) is 4.24. The molecular weight excluding hydrogens is 260 g/mol. The molecule has 1 aromatic heterocycles. The van der Waals surface area contributed by atoms with E-state index in [0.717, 1.165) is 36.3 Å². The van der Waals surface area contributed by atoms with Crippen molar-refractivity contribution in [1.82, 2.24) is 4.98 Å². The monoisotopic (exact) mass is 282 g/mol. The molecule has 2 heterocycles. The first-order valence-corrected chi connectivity index (χ1v) is 7.67. The van der Waals surface area contributed by atoms with Crippen LogP contribution in [0.4, 0.5) is 5.69 Å². The molecule has 0 spiro atoms. The molecule has 1 aliphatic rings. The second-order valence-corrected chi connectivity index (χ2v) is 5.92. The summed E-state index contributed by atoms with van der Waals surface area (Å²) in [6, 6.07) is 10.4. The van der Waals surface area contributed by atoms with Gasteiger partial charge in [0.1, 0.15) is 0 Å². The van der Waals surface area contributed by atoms with E-state index in [4.69, 9.17) is 0 Å². The van der Waals surface area contributed by atoms with Crippen molar-refractivity contribution >= 4 is 11.5 Å². The molecule has 0 radical (unpaired) electrons. The first-order valence-electron chi connectivity index (χ1n) is 7.67. The number of benzene rings is 1. The summed E-state index contributed by atoms with van der Waals surface area (Å²) in [6.07, 6.45) is 3.46. The van der Waals surface area contributed by atoms with Gasteiger partial charge in [-0.05, 0) is 50.8 Å². The molecule has 3 heteroatoms. The molecule has 0 fully saturated rings. The van der Waals surface area contributed by atoms with Crippen LogP contribution < -0.4 is 4.90 Å². The summed E-state index contributed by atoms with van der Waals surface area (Å²) in [4.78, 5) is 18.1. The van der Waals surface area contributed by atoms with E-state index in [0.29, 0.717) is 6.54 Å². The van der Waals surface area contributed by atoms with Gasteiger partial charge in [-0.25, -0.2) is 0 Å². The van der Waals surface area contributed by atoms with Crippen LogP contribution >= 0.6 is 0 Å². The summed E-state index contributed by atoms with van der Waals surface area (Å²) in [5.41, 5.74) is 5.44. The summed E-state index contributed by atoms with van der Waals surface area (Å²) in [5.74, 6) is 0.202. The fourth-order valence-corrected chi connectivity index (χ4v) is 3.21. The Hall–Kier alpha value is -2.03. The predicted molar refractivity (Wildman–Crippen MR) is 86.2 cm³/mol. The van der Waals surface area contributed by atoms with Gasteiger partial charge in [0, 0.05) is 29.2 Å². The van der Waals surface area contributed by atoms with Gasteiger partial charge in [-0.3, -0.25) is 4.79 Å². The third-order valence-corrected chi connectivity index (χ3v) is 4.24. The Morgan fingerprint density at radius 2 is 2.05 bits per heavy atom. The number of carbonyl (C=O) groups is 1. The topological polar surface area (TPSA) is 36.1 Å². The number of Topliss-reactive ketones (excluding diaryl/α,β-unsaturated/α-hetero) is 1. The SMILES string of the molecule is Cc1cc(C(=O)CN2CCCCc3ccccc32)c(C)[nH]1. The number of hydrogen-bond donors (Lipinski definition) is 1. The van der Waals surface area contributed by atoms with E-state index in [9.17, 15) is 4.79 Å². The molecule has 0 amide bonds. The highest BCUT2D eigenvalue weighted by atomic mass is 16.1. The number of anilines is 1. The molecule has 0 saturated heterocycles. The number of nitrogens with one attached hydrogen (secondary N) is 1. The van der Waals surface area contributed by atoms with Gasteiger partial charge in [-0.15, -0.1) is 0 Å². The Labute approximate surface area is 126 Å². The van der Waals surface area contributed by atoms with Gasteiger partial charge in [0.15, 0.2) is 5.78 Å². The lowest BCUT2D eigenvalue weighted by Gasteiger charge is -2.24. The van der Waals surface area contributed by atoms with E-state index in [1.807, 2.05) is 19.9 Å². The predicted octanol–water partition coefficient (Wildman–Crippen LogP) is 3.66. The number of aromatic amines is 1. The molecular formula is C18H22N2O. The van der Waals surface area contributed by atoms with Crippen LogP contribution in [0.2, 0.25) is 0 Å². The van der Waals surface area contributed by atoms with Gasteiger partial charge in [0.2, 0.25) is 0 Å². The highest BCUT2D eigenvalue weighted by molar-refractivity contribution is 6.00. The van der Waals surface area contributed by atoms with E-state index < -0.39 is 0 Å². The second-order valence-electron chi connectivity index (χ2n) is 5.92. The van der Waals surface area contributed by atoms with Crippen molar-refractivity contribution in [3.63, 3.8) is 0 Å². The number of fused-ring (bicyclic) bond motifs is 1.